The molecule has 0 N–H and O–H groups in total. The average Bonchev–Trinajstić information content (AvgIpc) is 2.77. The lowest BCUT2D eigenvalue weighted by atomic mass is 9.91. The summed E-state index contributed by atoms with van der Waals surface area (Å²) < 4.78 is 0. The Kier molecular flexibility index (Phi) is 3.18. The number of carbonyl (C=O) groups is 1. The van der Waals surface area contributed by atoms with Crippen molar-refractivity contribution >= 4 is 5.78 Å². The van der Waals surface area contributed by atoms with Gasteiger partial charge in [-0.2, -0.15) is 4.80 Å². The van der Waals surface area contributed by atoms with Gasteiger partial charge in [-0.05, 0) is 17.3 Å². The van der Waals surface area contributed by atoms with E-state index in [9.17, 15) is 4.79 Å². The number of hydrogen-bond acceptors (Lipinski definition) is 5. The summed E-state index contributed by atoms with van der Waals surface area (Å²) in [6, 6.07) is 3.60. The van der Waals surface area contributed by atoms with Crippen LogP contribution in [0, 0.1) is 5.41 Å². The molecule has 0 radical (unpaired) electrons. The second kappa shape index (κ2) is 4.64. The van der Waals surface area contributed by atoms with Gasteiger partial charge in [-0.15, -0.1) is 10.2 Å². The first-order valence-corrected chi connectivity index (χ1v) is 5.68. The molecule has 2 heterocycles. The van der Waals surface area contributed by atoms with Crippen molar-refractivity contribution < 1.29 is 4.79 Å². The maximum atomic E-state index is 11.8. The minimum absolute atomic E-state index is 0.0705. The number of hydrogen-bond donors (Lipinski definition) is 0. The molecule has 0 aliphatic carbocycles. The molecule has 2 rings (SSSR count). The van der Waals surface area contributed by atoms with Gasteiger partial charge in [-0.25, -0.2) is 0 Å². The quantitative estimate of drug-likeness (QED) is 0.816. The van der Waals surface area contributed by atoms with Crippen LogP contribution in [-0.2, 0) is 11.3 Å². The van der Waals surface area contributed by atoms with Gasteiger partial charge in [0.1, 0.15) is 6.54 Å². The highest BCUT2D eigenvalue weighted by molar-refractivity contribution is 5.83. The summed E-state index contributed by atoms with van der Waals surface area (Å²) in [7, 11) is 0. The Morgan fingerprint density at radius 1 is 1.28 bits per heavy atom. The predicted octanol–water partition coefficient (Wildman–Crippen LogP) is 1.35. The third-order valence-electron chi connectivity index (χ3n) is 2.51. The minimum atomic E-state index is -0.398. The lowest BCUT2D eigenvalue weighted by Crippen LogP contribution is -2.26. The molecular formula is C12H15N5O. The summed E-state index contributed by atoms with van der Waals surface area (Å²) in [5, 5.41) is 12.0. The van der Waals surface area contributed by atoms with Crippen LogP contribution in [-0.4, -0.2) is 31.0 Å². The summed E-state index contributed by atoms with van der Waals surface area (Å²) in [5.74, 6) is 0.570. The second-order valence-corrected chi connectivity index (χ2v) is 5.05. The molecule has 6 heteroatoms. The number of pyridine rings is 1. The molecule has 0 amide bonds. The highest BCUT2D eigenvalue weighted by atomic mass is 16.1. The number of aromatic nitrogens is 5. The molecule has 0 fully saturated rings. The van der Waals surface area contributed by atoms with E-state index in [-0.39, 0.29) is 12.3 Å². The molecular weight excluding hydrogens is 230 g/mol. The molecule has 0 unspecified atom stereocenters. The van der Waals surface area contributed by atoms with Crippen LogP contribution in [0.5, 0.6) is 0 Å². The molecule has 0 saturated heterocycles. The van der Waals surface area contributed by atoms with E-state index in [1.165, 1.54) is 4.80 Å². The molecule has 6 nitrogen and oxygen atoms in total. The summed E-state index contributed by atoms with van der Waals surface area (Å²) >= 11 is 0. The van der Waals surface area contributed by atoms with Gasteiger partial charge in [0.2, 0.25) is 5.82 Å². The van der Waals surface area contributed by atoms with Gasteiger partial charge in [0, 0.05) is 23.4 Å². The molecule has 2 aromatic heterocycles. The Labute approximate surface area is 105 Å². The molecule has 2 aromatic rings. The van der Waals surface area contributed by atoms with E-state index in [0.29, 0.717) is 5.82 Å². The molecule has 0 aliphatic heterocycles. The number of rotatable bonds is 3. The van der Waals surface area contributed by atoms with E-state index >= 15 is 0 Å². The second-order valence-electron chi connectivity index (χ2n) is 5.05. The highest BCUT2D eigenvalue weighted by Crippen LogP contribution is 2.16. The van der Waals surface area contributed by atoms with Crippen molar-refractivity contribution in [3.8, 4) is 11.4 Å². The van der Waals surface area contributed by atoms with Crippen LogP contribution in [0.1, 0.15) is 20.8 Å². The van der Waals surface area contributed by atoms with Crippen molar-refractivity contribution in [1.82, 2.24) is 25.2 Å². The number of ketones is 1. The van der Waals surface area contributed by atoms with E-state index in [1.54, 1.807) is 24.5 Å². The van der Waals surface area contributed by atoms with Gasteiger partial charge in [0.05, 0.1) is 0 Å². The van der Waals surface area contributed by atoms with E-state index in [2.05, 4.69) is 20.4 Å². The van der Waals surface area contributed by atoms with Crippen LogP contribution >= 0.6 is 0 Å². The fourth-order valence-electron chi connectivity index (χ4n) is 1.29. The largest absolute Gasteiger partial charge is 0.297 e. The molecule has 0 bridgehead atoms. The van der Waals surface area contributed by atoms with E-state index in [4.69, 9.17) is 0 Å². The first kappa shape index (κ1) is 12.3. The highest BCUT2D eigenvalue weighted by Gasteiger charge is 2.22. The van der Waals surface area contributed by atoms with E-state index in [1.807, 2.05) is 20.8 Å². The molecule has 0 aromatic carbocycles. The van der Waals surface area contributed by atoms with Gasteiger partial charge in [0.15, 0.2) is 5.78 Å². The Morgan fingerprint density at radius 3 is 2.56 bits per heavy atom. The average molecular weight is 245 g/mol. The van der Waals surface area contributed by atoms with Crippen LogP contribution in [0.2, 0.25) is 0 Å². The van der Waals surface area contributed by atoms with Crippen LogP contribution in [0.4, 0.5) is 0 Å². The summed E-state index contributed by atoms with van der Waals surface area (Å²) in [5.41, 5.74) is 0.434. The summed E-state index contributed by atoms with van der Waals surface area (Å²) in [6.45, 7) is 5.75. The topological polar surface area (TPSA) is 73.6 Å². The zero-order chi connectivity index (χ0) is 13.2. The first-order chi connectivity index (χ1) is 8.47. The molecule has 18 heavy (non-hydrogen) atoms. The van der Waals surface area contributed by atoms with Gasteiger partial charge < -0.3 is 0 Å². The van der Waals surface area contributed by atoms with Crippen LogP contribution < -0.4 is 0 Å². The van der Waals surface area contributed by atoms with Crippen molar-refractivity contribution in [2.75, 3.05) is 0 Å². The lowest BCUT2D eigenvalue weighted by molar-refractivity contribution is -0.127. The summed E-state index contributed by atoms with van der Waals surface area (Å²) in [4.78, 5) is 17.1. The normalized spacial score (nSPS) is 11.5. The van der Waals surface area contributed by atoms with Crippen molar-refractivity contribution in [3.05, 3.63) is 24.5 Å². The molecule has 0 spiro atoms. The molecule has 0 atom stereocenters. The number of nitrogens with zero attached hydrogens (tertiary/aromatic N) is 5. The fourth-order valence-corrected chi connectivity index (χ4v) is 1.29. The van der Waals surface area contributed by atoms with Gasteiger partial charge in [-0.3, -0.25) is 9.78 Å². The fraction of sp³-hybridized carbons (Fsp3) is 0.417. The number of tetrazole rings is 1. The Balaban J connectivity index is 2.15. The van der Waals surface area contributed by atoms with Crippen molar-refractivity contribution in [1.29, 1.82) is 0 Å². The standard InChI is InChI=1S/C12H15N5O/c1-12(2,3)10(18)8-17-15-11(14-16-17)9-4-6-13-7-5-9/h4-7H,8H2,1-3H3. The Morgan fingerprint density at radius 2 is 1.94 bits per heavy atom. The third-order valence-corrected chi connectivity index (χ3v) is 2.51. The van der Waals surface area contributed by atoms with Gasteiger partial charge >= 0.3 is 0 Å². The lowest BCUT2D eigenvalue weighted by Gasteiger charge is -2.15. The van der Waals surface area contributed by atoms with Crippen LogP contribution in [0.25, 0.3) is 11.4 Å². The van der Waals surface area contributed by atoms with Gasteiger partial charge in [0.25, 0.3) is 0 Å². The number of Topliss-reactive ketones (excluding diaryl/α,β-unsaturated/α-hetero) is 1. The first-order valence-electron chi connectivity index (χ1n) is 5.68. The monoisotopic (exact) mass is 245 g/mol. The van der Waals surface area contributed by atoms with Crippen molar-refractivity contribution in [2.24, 2.45) is 5.41 Å². The molecule has 0 aliphatic rings. The minimum Gasteiger partial charge on any atom is -0.297 e. The van der Waals surface area contributed by atoms with E-state index in [0.717, 1.165) is 5.56 Å². The Hall–Kier alpha value is -2.11. The summed E-state index contributed by atoms with van der Waals surface area (Å²) in [6.07, 6.45) is 3.33. The van der Waals surface area contributed by atoms with Crippen LogP contribution in [0.3, 0.4) is 0 Å². The van der Waals surface area contributed by atoms with Crippen molar-refractivity contribution in [3.63, 3.8) is 0 Å². The van der Waals surface area contributed by atoms with Crippen LogP contribution in [0.15, 0.2) is 24.5 Å². The zero-order valence-corrected chi connectivity index (χ0v) is 10.7. The SMILES string of the molecule is CC(C)(C)C(=O)Cn1nnc(-c2ccncc2)n1. The zero-order valence-electron chi connectivity index (χ0n) is 10.7. The Bertz CT molecular complexity index is 541. The maximum Gasteiger partial charge on any atom is 0.205 e. The molecule has 94 valence electrons. The third kappa shape index (κ3) is 2.77. The van der Waals surface area contributed by atoms with Gasteiger partial charge in [-0.1, -0.05) is 20.8 Å². The smallest absolute Gasteiger partial charge is 0.205 e. The maximum absolute atomic E-state index is 11.8. The van der Waals surface area contributed by atoms with E-state index < -0.39 is 5.41 Å². The number of carbonyl (C=O) groups excluding carboxylic acids is 1. The molecule has 0 saturated carbocycles. The van der Waals surface area contributed by atoms with Crippen molar-refractivity contribution in [2.45, 2.75) is 27.3 Å². The predicted molar refractivity (Wildman–Crippen MR) is 65.5 cm³/mol.